The minimum atomic E-state index is -1.10. The molecule has 4 nitrogen and oxygen atoms in total. The van der Waals surface area contributed by atoms with E-state index in [0.717, 1.165) is 16.7 Å². The second kappa shape index (κ2) is 5.62. The Balaban J connectivity index is 2.35. The predicted octanol–water partition coefficient (Wildman–Crippen LogP) is 2.48. The van der Waals surface area contributed by atoms with Gasteiger partial charge < -0.3 is 0 Å². The van der Waals surface area contributed by atoms with Crippen molar-refractivity contribution in [2.24, 2.45) is 0 Å². The molecule has 2 rings (SSSR count). The van der Waals surface area contributed by atoms with Gasteiger partial charge in [0.15, 0.2) is 17.4 Å². The highest BCUT2D eigenvalue weighted by atomic mass is 79.9. The molecule has 0 saturated heterocycles. The number of ketones is 1. The van der Waals surface area contributed by atoms with Crippen LogP contribution in [0.4, 0.5) is 8.78 Å². The molecule has 0 amide bonds. The number of nitrogens with zero attached hydrogens (tertiary/aromatic N) is 2. The molecule has 0 saturated carbocycles. The zero-order valence-electron chi connectivity index (χ0n) is 10.4. The third-order valence-corrected chi connectivity index (χ3v) is 3.29. The van der Waals surface area contributed by atoms with Gasteiger partial charge in [-0.2, -0.15) is 0 Å². The Hall–Kier alpha value is -1.89. The topological polar surface area (TPSA) is 52.0 Å². The molecule has 0 fully saturated rings. The highest BCUT2D eigenvalue weighted by molar-refractivity contribution is 9.10. The smallest absolute Gasteiger partial charge is 0.268 e. The molecular formula is C13H9BrF2N2O2. The zero-order chi connectivity index (χ0) is 14.9. The number of benzene rings is 1. The fourth-order valence-electron chi connectivity index (χ4n) is 1.64. The molecule has 1 aromatic heterocycles. The molecule has 7 heteroatoms. The van der Waals surface area contributed by atoms with Crippen LogP contribution < -0.4 is 5.56 Å². The Morgan fingerprint density at radius 2 is 2.05 bits per heavy atom. The SMILES string of the molecule is Cc1ncc(Br)c(=O)n1CC(=O)c1ccc(F)c(F)c1. The predicted molar refractivity (Wildman–Crippen MR) is 71.6 cm³/mol. The van der Waals surface area contributed by atoms with Crippen molar-refractivity contribution in [1.29, 1.82) is 0 Å². The summed E-state index contributed by atoms with van der Waals surface area (Å²) in [5, 5.41) is 0. The van der Waals surface area contributed by atoms with Crippen LogP contribution in [0, 0.1) is 18.6 Å². The number of hydrogen-bond acceptors (Lipinski definition) is 3. The average molecular weight is 343 g/mol. The Labute approximate surface area is 121 Å². The summed E-state index contributed by atoms with van der Waals surface area (Å²) in [4.78, 5) is 27.8. The van der Waals surface area contributed by atoms with Gasteiger partial charge in [-0.1, -0.05) is 0 Å². The van der Waals surface area contributed by atoms with E-state index in [9.17, 15) is 18.4 Å². The molecule has 0 spiro atoms. The number of Topliss-reactive ketones (excluding diaryl/α,β-unsaturated/α-hetero) is 1. The maximum Gasteiger partial charge on any atom is 0.268 e. The summed E-state index contributed by atoms with van der Waals surface area (Å²) < 4.78 is 27.3. The van der Waals surface area contributed by atoms with E-state index >= 15 is 0 Å². The van der Waals surface area contributed by atoms with Crippen molar-refractivity contribution >= 4 is 21.7 Å². The van der Waals surface area contributed by atoms with E-state index < -0.39 is 23.0 Å². The summed E-state index contributed by atoms with van der Waals surface area (Å²) in [6.45, 7) is 1.29. The molecule has 0 aliphatic carbocycles. The van der Waals surface area contributed by atoms with Crippen molar-refractivity contribution in [2.75, 3.05) is 0 Å². The first-order valence-electron chi connectivity index (χ1n) is 5.60. The van der Waals surface area contributed by atoms with Gasteiger partial charge in [0.1, 0.15) is 10.3 Å². The first-order valence-corrected chi connectivity index (χ1v) is 6.39. The van der Waals surface area contributed by atoms with Gasteiger partial charge in [-0.25, -0.2) is 13.8 Å². The van der Waals surface area contributed by atoms with Gasteiger partial charge in [0.25, 0.3) is 5.56 Å². The van der Waals surface area contributed by atoms with E-state index in [2.05, 4.69) is 20.9 Å². The number of carbonyl (C=O) groups is 1. The second-order valence-corrected chi connectivity index (χ2v) is 4.95. The summed E-state index contributed by atoms with van der Waals surface area (Å²) in [6, 6.07) is 2.85. The van der Waals surface area contributed by atoms with Crippen molar-refractivity contribution in [2.45, 2.75) is 13.5 Å². The highest BCUT2D eigenvalue weighted by Crippen LogP contribution is 2.10. The Morgan fingerprint density at radius 1 is 1.35 bits per heavy atom. The van der Waals surface area contributed by atoms with Crippen molar-refractivity contribution in [3.63, 3.8) is 0 Å². The minimum Gasteiger partial charge on any atom is -0.292 e. The van der Waals surface area contributed by atoms with E-state index in [4.69, 9.17) is 0 Å². The summed E-state index contributed by atoms with van der Waals surface area (Å²) in [5.74, 6) is -2.28. The standard InChI is InChI=1S/C13H9BrF2N2O2/c1-7-17-5-9(14)13(20)18(7)6-12(19)8-2-3-10(15)11(16)4-8/h2-5H,6H2,1H3. The Bertz CT molecular complexity index is 744. The third-order valence-electron chi connectivity index (χ3n) is 2.75. The number of hydrogen-bond donors (Lipinski definition) is 0. The summed E-state index contributed by atoms with van der Waals surface area (Å²) in [6.07, 6.45) is 1.34. The van der Waals surface area contributed by atoms with Gasteiger partial charge in [0, 0.05) is 11.8 Å². The van der Waals surface area contributed by atoms with E-state index in [1.165, 1.54) is 12.3 Å². The molecule has 1 aromatic carbocycles. The maximum atomic E-state index is 13.1. The summed E-state index contributed by atoms with van der Waals surface area (Å²) in [5.41, 5.74) is -0.413. The third kappa shape index (κ3) is 2.82. The molecule has 0 atom stereocenters. The van der Waals surface area contributed by atoms with Gasteiger partial charge in [0.05, 0.1) is 6.54 Å². The molecule has 20 heavy (non-hydrogen) atoms. The Morgan fingerprint density at radius 3 is 2.70 bits per heavy atom. The van der Waals surface area contributed by atoms with E-state index in [-0.39, 0.29) is 16.6 Å². The van der Waals surface area contributed by atoms with Crippen molar-refractivity contribution in [3.05, 3.63) is 62.2 Å². The fourth-order valence-corrected chi connectivity index (χ4v) is 1.96. The van der Waals surface area contributed by atoms with Gasteiger partial charge in [-0.3, -0.25) is 14.2 Å². The van der Waals surface area contributed by atoms with Crippen molar-refractivity contribution < 1.29 is 13.6 Å². The second-order valence-electron chi connectivity index (χ2n) is 4.10. The first-order chi connectivity index (χ1) is 9.40. The normalized spacial score (nSPS) is 10.6. The maximum absolute atomic E-state index is 13.1. The van der Waals surface area contributed by atoms with E-state index in [0.29, 0.717) is 5.82 Å². The van der Waals surface area contributed by atoms with Crippen LogP contribution in [0.2, 0.25) is 0 Å². The lowest BCUT2D eigenvalue weighted by atomic mass is 10.1. The summed E-state index contributed by atoms with van der Waals surface area (Å²) >= 11 is 3.03. The first kappa shape index (κ1) is 14.5. The van der Waals surface area contributed by atoms with Crippen LogP contribution in [-0.2, 0) is 6.54 Å². The van der Waals surface area contributed by atoms with E-state index in [1.54, 1.807) is 6.92 Å². The van der Waals surface area contributed by atoms with Crippen molar-refractivity contribution in [3.8, 4) is 0 Å². The van der Waals surface area contributed by atoms with Gasteiger partial charge in [-0.05, 0) is 41.1 Å². The lowest BCUT2D eigenvalue weighted by molar-refractivity contribution is 0.0969. The van der Waals surface area contributed by atoms with Crippen LogP contribution in [0.25, 0.3) is 0 Å². The molecule has 1 heterocycles. The fraction of sp³-hybridized carbons (Fsp3) is 0.154. The molecule has 0 aliphatic rings. The molecule has 0 bridgehead atoms. The van der Waals surface area contributed by atoms with Gasteiger partial charge in [-0.15, -0.1) is 0 Å². The molecule has 0 N–H and O–H groups in total. The lowest BCUT2D eigenvalue weighted by Crippen LogP contribution is -2.27. The lowest BCUT2D eigenvalue weighted by Gasteiger charge is -2.08. The van der Waals surface area contributed by atoms with Gasteiger partial charge in [0.2, 0.25) is 0 Å². The van der Waals surface area contributed by atoms with Crippen LogP contribution in [-0.4, -0.2) is 15.3 Å². The highest BCUT2D eigenvalue weighted by Gasteiger charge is 2.13. The number of halogens is 3. The van der Waals surface area contributed by atoms with Gasteiger partial charge >= 0.3 is 0 Å². The quantitative estimate of drug-likeness (QED) is 0.805. The van der Waals surface area contributed by atoms with Crippen LogP contribution in [0.15, 0.2) is 33.7 Å². The van der Waals surface area contributed by atoms with Crippen molar-refractivity contribution in [1.82, 2.24) is 9.55 Å². The molecule has 0 radical (unpaired) electrons. The monoisotopic (exact) mass is 342 g/mol. The summed E-state index contributed by atoms with van der Waals surface area (Å²) in [7, 11) is 0. The number of carbonyl (C=O) groups excluding carboxylic acids is 1. The van der Waals surface area contributed by atoms with Crippen LogP contribution in [0.1, 0.15) is 16.2 Å². The zero-order valence-corrected chi connectivity index (χ0v) is 11.9. The van der Waals surface area contributed by atoms with Crippen LogP contribution in [0.3, 0.4) is 0 Å². The Kier molecular flexibility index (Phi) is 4.08. The minimum absolute atomic E-state index is 0.00447. The molecule has 2 aromatic rings. The number of rotatable bonds is 3. The molecule has 0 unspecified atom stereocenters. The molecule has 104 valence electrons. The van der Waals surface area contributed by atoms with Crippen LogP contribution in [0.5, 0.6) is 0 Å². The van der Waals surface area contributed by atoms with E-state index in [1.807, 2.05) is 0 Å². The molecule has 0 aliphatic heterocycles. The molecular weight excluding hydrogens is 334 g/mol. The number of aromatic nitrogens is 2. The van der Waals surface area contributed by atoms with Crippen LogP contribution >= 0.6 is 15.9 Å². The largest absolute Gasteiger partial charge is 0.292 e. The average Bonchev–Trinajstić information content (AvgIpc) is 2.42. The number of aryl methyl sites for hydroxylation is 1.